The predicted octanol–water partition coefficient (Wildman–Crippen LogP) is 3.29. The van der Waals surface area contributed by atoms with Crippen molar-refractivity contribution in [3.63, 3.8) is 0 Å². The number of morpholine rings is 1. The van der Waals surface area contributed by atoms with Crippen LogP contribution in [-0.4, -0.2) is 56.6 Å². The summed E-state index contributed by atoms with van der Waals surface area (Å²) in [6, 6.07) is 11.2. The Morgan fingerprint density at radius 2 is 1.67 bits per heavy atom. The maximum absolute atomic E-state index is 12.9. The van der Waals surface area contributed by atoms with Crippen molar-refractivity contribution < 1.29 is 27.5 Å². The molecule has 1 saturated heterocycles. The Kier molecular flexibility index (Phi) is 7.44. The Morgan fingerprint density at radius 1 is 1.06 bits per heavy atom. The predicted molar refractivity (Wildman–Crippen MR) is 125 cm³/mol. The fourth-order valence-electron chi connectivity index (χ4n) is 3.74. The second-order valence-corrected chi connectivity index (χ2v) is 10.2. The second-order valence-electron chi connectivity index (χ2n) is 8.50. The first-order chi connectivity index (χ1) is 15.5. The van der Waals surface area contributed by atoms with Gasteiger partial charge in [0.25, 0.3) is 15.9 Å². The summed E-state index contributed by atoms with van der Waals surface area (Å²) in [5, 5.41) is 0. The average molecular weight is 475 g/mol. The maximum Gasteiger partial charge on any atom is 0.338 e. The molecule has 33 heavy (non-hydrogen) atoms. The van der Waals surface area contributed by atoms with Crippen LogP contribution in [0, 0.1) is 13.8 Å². The number of amides is 1. The van der Waals surface area contributed by atoms with E-state index in [1.807, 2.05) is 20.8 Å². The quantitative estimate of drug-likeness (QED) is 0.645. The number of hydrogen-bond acceptors (Lipinski definition) is 6. The molecule has 9 heteroatoms. The number of anilines is 1. The summed E-state index contributed by atoms with van der Waals surface area (Å²) >= 11 is 0. The summed E-state index contributed by atoms with van der Waals surface area (Å²) in [7, 11) is -3.93. The maximum atomic E-state index is 12.9. The van der Waals surface area contributed by atoms with Gasteiger partial charge in [0.05, 0.1) is 22.7 Å². The molecular formula is C24H30N2O6S. The average Bonchev–Trinajstić information content (AvgIpc) is 2.74. The van der Waals surface area contributed by atoms with E-state index in [-0.39, 0.29) is 28.6 Å². The molecule has 1 amide bonds. The Bertz CT molecular complexity index is 1120. The molecule has 178 valence electrons. The summed E-state index contributed by atoms with van der Waals surface area (Å²) < 4.78 is 39.4. The van der Waals surface area contributed by atoms with Crippen LogP contribution in [0.5, 0.6) is 0 Å². The van der Waals surface area contributed by atoms with E-state index < -0.39 is 22.1 Å². The lowest BCUT2D eigenvalue weighted by molar-refractivity contribution is -0.151. The Balaban J connectivity index is 1.74. The van der Waals surface area contributed by atoms with Crippen molar-refractivity contribution in [3.8, 4) is 0 Å². The standard InChI is InChI=1S/C24H30N2O6S/c1-15-6-10-21(11-7-15)25-33(29,30)22-12-20(9-8-16(22)2)24(28)32-19(5)23(27)26-13-17(3)31-18(4)14-26/h6-12,17-19,25H,13-14H2,1-5H3. The number of sulfonamides is 1. The molecule has 1 N–H and O–H groups in total. The fraction of sp³-hybridized carbons (Fsp3) is 0.417. The van der Waals surface area contributed by atoms with Crippen molar-refractivity contribution in [2.75, 3.05) is 17.8 Å². The zero-order valence-corrected chi connectivity index (χ0v) is 20.3. The van der Waals surface area contributed by atoms with E-state index in [9.17, 15) is 18.0 Å². The molecule has 0 bridgehead atoms. The highest BCUT2D eigenvalue weighted by atomic mass is 32.2. The van der Waals surface area contributed by atoms with Gasteiger partial charge in [-0.3, -0.25) is 9.52 Å². The normalized spacial score (nSPS) is 19.6. The van der Waals surface area contributed by atoms with Crippen LogP contribution in [0.25, 0.3) is 0 Å². The van der Waals surface area contributed by atoms with Crippen molar-refractivity contribution in [2.45, 2.75) is 57.8 Å². The van der Waals surface area contributed by atoms with Crippen LogP contribution in [0.3, 0.4) is 0 Å². The van der Waals surface area contributed by atoms with Crippen molar-refractivity contribution in [3.05, 3.63) is 59.2 Å². The summed E-state index contributed by atoms with van der Waals surface area (Å²) in [5.41, 5.74) is 1.95. The molecule has 0 radical (unpaired) electrons. The third kappa shape index (κ3) is 6.11. The van der Waals surface area contributed by atoms with Crippen LogP contribution in [0.1, 0.15) is 42.3 Å². The van der Waals surface area contributed by atoms with E-state index in [2.05, 4.69) is 4.72 Å². The molecule has 8 nitrogen and oxygen atoms in total. The van der Waals surface area contributed by atoms with Gasteiger partial charge >= 0.3 is 5.97 Å². The molecule has 3 atom stereocenters. The van der Waals surface area contributed by atoms with Gasteiger partial charge in [0.2, 0.25) is 0 Å². The van der Waals surface area contributed by atoms with Crippen molar-refractivity contribution in [2.24, 2.45) is 0 Å². The van der Waals surface area contributed by atoms with E-state index in [1.54, 1.807) is 36.1 Å². The Morgan fingerprint density at radius 3 is 2.27 bits per heavy atom. The monoisotopic (exact) mass is 474 g/mol. The fourth-order valence-corrected chi connectivity index (χ4v) is 5.07. The van der Waals surface area contributed by atoms with E-state index in [4.69, 9.17) is 9.47 Å². The highest BCUT2D eigenvalue weighted by molar-refractivity contribution is 7.92. The zero-order valence-electron chi connectivity index (χ0n) is 19.5. The molecule has 1 aliphatic heterocycles. The smallest absolute Gasteiger partial charge is 0.338 e. The van der Waals surface area contributed by atoms with Gasteiger partial charge in [0.15, 0.2) is 6.10 Å². The number of carbonyl (C=O) groups is 2. The largest absolute Gasteiger partial charge is 0.449 e. The minimum Gasteiger partial charge on any atom is -0.449 e. The second kappa shape index (κ2) is 9.93. The number of rotatable bonds is 6. The first kappa shape index (κ1) is 24.7. The summed E-state index contributed by atoms with van der Waals surface area (Å²) in [6.45, 7) is 9.66. The van der Waals surface area contributed by atoms with Gasteiger partial charge in [-0.15, -0.1) is 0 Å². The molecule has 3 unspecified atom stereocenters. The van der Waals surface area contributed by atoms with Gasteiger partial charge in [0.1, 0.15) is 0 Å². The number of esters is 1. The zero-order chi connectivity index (χ0) is 24.3. The molecule has 0 aromatic heterocycles. The molecule has 2 aromatic carbocycles. The number of carbonyl (C=O) groups excluding carboxylic acids is 2. The first-order valence-electron chi connectivity index (χ1n) is 10.8. The van der Waals surface area contributed by atoms with Gasteiger partial charge in [-0.25, -0.2) is 13.2 Å². The Hall–Kier alpha value is -2.91. The number of nitrogens with one attached hydrogen (secondary N) is 1. The van der Waals surface area contributed by atoms with Crippen LogP contribution < -0.4 is 4.72 Å². The molecule has 1 heterocycles. The number of nitrogens with zero attached hydrogens (tertiary/aromatic N) is 1. The van der Waals surface area contributed by atoms with Crippen LogP contribution >= 0.6 is 0 Å². The van der Waals surface area contributed by atoms with Crippen LogP contribution in [0.4, 0.5) is 5.69 Å². The molecule has 2 aromatic rings. The van der Waals surface area contributed by atoms with Gasteiger partial charge < -0.3 is 14.4 Å². The first-order valence-corrected chi connectivity index (χ1v) is 12.3. The van der Waals surface area contributed by atoms with Gasteiger partial charge in [-0.05, 0) is 64.4 Å². The highest BCUT2D eigenvalue weighted by Crippen LogP contribution is 2.22. The lowest BCUT2D eigenvalue weighted by Gasteiger charge is -2.36. The molecule has 0 aliphatic carbocycles. The third-order valence-corrected chi connectivity index (χ3v) is 6.90. The van der Waals surface area contributed by atoms with E-state index in [1.165, 1.54) is 25.1 Å². The Labute approximate surface area is 194 Å². The van der Waals surface area contributed by atoms with Gasteiger partial charge in [-0.2, -0.15) is 0 Å². The van der Waals surface area contributed by atoms with E-state index in [0.29, 0.717) is 24.3 Å². The number of ether oxygens (including phenoxy) is 2. The molecule has 1 fully saturated rings. The van der Waals surface area contributed by atoms with E-state index in [0.717, 1.165) is 5.56 Å². The van der Waals surface area contributed by atoms with Gasteiger partial charge in [0, 0.05) is 18.8 Å². The van der Waals surface area contributed by atoms with Crippen molar-refractivity contribution in [1.29, 1.82) is 0 Å². The molecule has 0 saturated carbocycles. The highest BCUT2D eigenvalue weighted by Gasteiger charge is 2.31. The van der Waals surface area contributed by atoms with E-state index >= 15 is 0 Å². The molecule has 0 spiro atoms. The van der Waals surface area contributed by atoms with Gasteiger partial charge in [-0.1, -0.05) is 23.8 Å². The van der Waals surface area contributed by atoms with Crippen LogP contribution in [0.15, 0.2) is 47.4 Å². The molecular weight excluding hydrogens is 444 g/mol. The SMILES string of the molecule is Cc1ccc(NS(=O)(=O)c2cc(C(=O)OC(C)C(=O)N3CC(C)OC(C)C3)ccc2C)cc1. The lowest BCUT2D eigenvalue weighted by Crippen LogP contribution is -2.51. The number of benzene rings is 2. The summed E-state index contributed by atoms with van der Waals surface area (Å²) in [5.74, 6) is -1.08. The number of aryl methyl sites for hydroxylation is 2. The lowest BCUT2D eigenvalue weighted by atomic mass is 10.1. The third-order valence-electron chi connectivity index (χ3n) is 5.38. The van der Waals surface area contributed by atoms with Crippen molar-refractivity contribution >= 4 is 27.6 Å². The van der Waals surface area contributed by atoms with Crippen molar-refractivity contribution in [1.82, 2.24) is 4.90 Å². The van der Waals surface area contributed by atoms with Crippen LogP contribution in [-0.2, 0) is 24.3 Å². The van der Waals surface area contributed by atoms with Crippen LogP contribution in [0.2, 0.25) is 0 Å². The minimum atomic E-state index is -3.93. The number of hydrogen-bond donors (Lipinski definition) is 1. The summed E-state index contributed by atoms with van der Waals surface area (Å²) in [4.78, 5) is 27.1. The summed E-state index contributed by atoms with van der Waals surface area (Å²) in [6.07, 6.45) is -1.22. The molecule has 1 aliphatic rings. The minimum absolute atomic E-state index is 0.0349. The molecule has 3 rings (SSSR count). The topological polar surface area (TPSA) is 102 Å².